The van der Waals surface area contributed by atoms with Crippen LogP contribution in [0.3, 0.4) is 0 Å². The van der Waals surface area contributed by atoms with E-state index in [-0.39, 0.29) is 11.3 Å². The molecule has 0 bridgehead atoms. The number of nitrogens with zero attached hydrogens (tertiary/aromatic N) is 1. The lowest BCUT2D eigenvalue weighted by Crippen LogP contribution is -2.06. The number of ketones is 1. The molecule has 0 heterocycles. The van der Waals surface area contributed by atoms with Crippen molar-refractivity contribution in [3.05, 3.63) is 45.5 Å². The van der Waals surface area contributed by atoms with E-state index in [0.29, 0.717) is 6.07 Å². The molecule has 1 aromatic carbocycles. The predicted molar refractivity (Wildman–Crippen MR) is 57.8 cm³/mol. The lowest BCUT2D eigenvalue weighted by molar-refractivity contribution is -0.385. The number of non-ortho nitro benzene ring substituents is 1. The lowest BCUT2D eigenvalue weighted by Gasteiger charge is -2.07. The molecule has 0 fully saturated rings. The maximum Gasteiger partial charge on any atom is 0.416 e. The number of nitro benzene ring substituents is 1. The Labute approximate surface area is 99.9 Å². The van der Waals surface area contributed by atoms with Gasteiger partial charge >= 0.3 is 6.18 Å². The standard InChI is InChI=1S/C11H8F3NO3/c1-7(16)2-3-8-4-9(11(12,13)14)6-10(5-8)15(17)18/h2-6H,1H3/b3-2+. The Kier molecular flexibility index (Phi) is 3.85. The molecule has 0 N–H and O–H groups in total. The third-order valence-corrected chi connectivity index (χ3v) is 1.99. The molecule has 0 spiro atoms. The number of benzene rings is 1. The third kappa shape index (κ3) is 3.69. The SMILES string of the molecule is CC(=O)/C=C/c1cc([N+](=O)[O-])cc(C(F)(F)F)c1. The molecule has 0 aliphatic rings. The summed E-state index contributed by atoms with van der Waals surface area (Å²) in [6, 6.07) is 2.16. The molecule has 0 saturated heterocycles. The van der Waals surface area contributed by atoms with Crippen LogP contribution in [0.2, 0.25) is 0 Å². The van der Waals surface area contributed by atoms with Crippen molar-refractivity contribution in [2.75, 3.05) is 0 Å². The van der Waals surface area contributed by atoms with Gasteiger partial charge in [-0.2, -0.15) is 13.2 Å². The molecule has 7 heteroatoms. The van der Waals surface area contributed by atoms with Gasteiger partial charge < -0.3 is 0 Å². The smallest absolute Gasteiger partial charge is 0.295 e. The van der Waals surface area contributed by atoms with E-state index in [1.54, 1.807) is 0 Å². The lowest BCUT2D eigenvalue weighted by atomic mass is 10.1. The van der Waals surface area contributed by atoms with E-state index in [1.807, 2.05) is 0 Å². The van der Waals surface area contributed by atoms with Gasteiger partial charge in [0, 0.05) is 12.1 Å². The molecule has 0 saturated carbocycles. The summed E-state index contributed by atoms with van der Waals surface area (Å²) in [5.41, 5.74) is -1.85. The number of nitro groups is 1. The second kappa shape index (κ2) is 4.99. The molecule has 0 atom stereocenters. The maximum atomic E-state index is 12.5. The summed E-state index contributed by atoms with van der Waals surface area (Å²) < 4.78 is 37.5. The van der Waals surface area contributed by atoms with Crippen molar-refractivity contribution in [1.82, 2.24) is 0 Å². The van der Waals surface area contributed by atoms with Crippen molar-refractivity contribution in [2.24, 2.45) is 0 Å². The van der Waals surface area contributed by atoms with E-state index in [1.165, 1.54) is 6.92 Å². The first-order chi connectivity index (χ1) is 8.20. The number of allylic oxidation sites excluding steroid dienone is 1. The highest BCUT2D eigenvalue weighted by Crippen LogP contribution is 2.32. The van der Waals surface area contributed by atoms with E-state index in [2.05, 4.69) is 0 Å². The summed E-state index contributed by atoms with van der Waals surface area (Å²) in [6.45, 7) is 1.22. The number of rotatable bonds is 3. The van der Waals surface area contributed by atoms with E-state index < -0.39 is 22.4 Å². The molecule has 96 valence electrons. The molecular formula is C11H8F3NO3. The van der Waals surface area contributed by atoms with Crippen LogP contribution in [0.5, 0.6) is 0 Å². The van der Waals surface area contributed by atoms with Crippen LogP contribution < -0.4 is 0 Å². The molecule has 18 heavy (non-hydrogen) atoms. The molecule has 1 aromatic rings. The Bertz CT molecular complexity index is 521. The van der Waals surface area contributed by atoms with Crippen molar-refractivity contribution >= 4 is 17.5 Å². The van der Waals surface area contributed by atoms with Crippen molar-refractivity contribution in [1.29, 1.82) is 0 Å². The average Bonchev–Trinajstić information content (AvgIpc) is 2.24. The average molecular weight is 259 g/mol. The molecule has 0 unspecified atom stereocenters. The minimum absolute atomic E-state index is 0.0493. The monoisotopic (exact) mass is 259 g/mol. The van der Waals surface area contributed by atoms with E-state index in [4.69, 9.17) is 0 Å². The summed E-state index contributed by atoms with van der Waals surface area (Å²) in [6.07, 6.45) is -2.53. The Hall–Kier alpha value is -2.18. The topological polar surface area (TPSA) is 60.2 Å². The fourth-order valence-electron chi connectivity index (χ4n) is 1.21. The first-order valence-corrected chi connectivity index (χ1v) is 4.75. The minimum Gasteiger partial charge on any atom is -0.295 e. The van der Waals surface area contributed by atoms with Gasteiger partial charge in [-0.25, -0.2) is 0 Å². The zero-order chi connectivity index (χ0) is 13.9. The van der Waals surface area contributed by atoms with Crippen LogP contribution >= 0.6 is 0 Å². The van der Waals surface area contributed by atoms with Crippen LogP contribution in [0.25, 0.3) is 6.08 Å². The van der Waals surface area contributed by atoms with Gasteiger partial charge in [0.1, 0.15) is 0 Å². The molecule has 0 radical (unpaired) electrons. The number of carbonyl (C=O) groups is 1. The quantitative estimate of drug-likeness (QED) is 0.475. The Morgan fingerprint density at radius 1 is 1.33 bits per heavy atom. The molecule has 4 nitrogen and oxygen atoms in total. The second-order valence-electron chi connectivity index (χ2n) is 3.51. The highest BCUT2D eigenvalue weighted by atomic mass is 19.4. The van der Waals surface area contributed by atoms with E-state index in [9.17, 15) is 28.1 Å². The molecule has 1 rings (SSSR count). The number of alkyl halides is 3. The fraction of sp³-hybridized carbons (Fsp3) is 0.182. The van der Waals surface area contributed by atoms with Crippen molar-refractivity contribution in [2.45, 2.75) is 13.1 Å². The van der Waals surface area contributed by atoms with E-state index in [0.717, 1.165) is 24.3 Å². The molecule has 0 amide bonds. The summed E-state index contributed by atoms with van der Waals surface area (Å²) >= 11 is 0. The predicted octanol–water partition coefficient (Wildman–Crippen LogP) is 3.22. The Balaban J connectivity index is 3.31. The number of hydrogen-bond donors (Lipinski definition) is 0. The summed E-state index contributed by atoms with van der Waals surface area (Å²) in [4.78, 5) is 20.3. The second-order valence-corrected chi connectivity index (χ2v) is 3.51. The fourth-order valence-corrected chi connectivity index (χ4v) is 1.21. The Morgan fingerprint density at radius 2 is 1.94 bits per heavy atom. The summed E-state index contributed by atoms with van der Waals surface area (Å²) in [7, 11) is 0. The molecule has 0 aliphatic heterocycles. The number of hydrogen-bond acceptors (Lipinski definition) is 3. The highest BCUT2D eigenvalue weighted by molar-refractivity contribution is 5.91. The first kappa shape index (κ1) is 13.9. The normalized spacial score (nSPS) is 11.8. The Morgan fingerprint density at radius 3 is 2.39 bits per heavy atom. The molecule has 0 aromatic heterocycles. The van der Waals surface area contributed by atoms with Gasteiger partial charge in [-0.15, -0.1) is 0 Å². The number of carbonyl (C=O) groups excluding carboxylic acids is 1. The van der Waals surface area contributed by atoms with Crippen LogP contribution in [0.1, 0.15) is 18.1 Å². The van der Waals surface area contributed by atoms with Crippen LogP contribution in [0.4, 0.5) is 18.9 Å². The van der Waals surface area contributed by atoms with Crippen LogP contribution in [0.15, 0.2) is 24.3 Å². The first-order valence-electron chi connectivity index (χ1n) is 4.75. The zero-order valence-corrected chi connectivity index (χ0v) is 9.19. The van der Waals surface area contributed by atoms with Gasteiger partial charge in [0.25, 0.3) is 5.69 Å². The van der Waals surface area contributed by atoms with Crippen LogP contribution in [-0.4, -0.2) is 10.7 Å². The van der Waals surface area contributed by atoms with Gasteiger partial charge in [0.15, 0.2) is 5.78 Å². The summed E-state index contributed by atoms with van der Waals surface area (Å²) in [5.74, 6) is -0.366. The van der Waals surface area contributed by atoms with Crippen molar-refractivity contribution in [3.8, 4) is 0 Å². The largest absolute Gasteiger partial charge is 0.416 e. The molecule has 0 aliphatic carbocycles. The number of halogens is 3. The van der Waals surface area contributed by atoms with Crippen LogP contribution in [-0.2, 0) is 11.0 Å². The summed E-state index contributed by atoms with van der Waals surface area (Å²) in [5, 5.41) is 10.5. The van der Waals surface area contributed by atoms with E-state index >= 15 is 0 Å². The van der Waals surface area contributed by atoms with Gasteiger partial charge in [-0.1, -0.05) is 6.08 Å². The van der Waals surface area contributed by atoms with Gasteiger partial charge in [-0.05, 0) is 24.6 Å². The van der Waals surface area contributed by atoms with Gasteiger partial charge in [0.05, 0.1) is 10.5 Å². The minimum atomic E-state index is -4.68. The highest BCUT2D eigenvalue weighted by Gasteiger charge is 2.32. The zero-order valence-electron chi connectivity index (χ0n) is 9.19. The molecular weight excluding hydrogens is 251 g/mol. The maximum absolute atomic E-state index is 12.5. The van der Waals surface area contributed by atoms with Crippen molar-refractivity contribution < 1.29 is 22.9 Å². The van der Waals surface area contributed by atoms with Crippen LogP contribution in [0, 0.1) is 10.1 Å². The van der Waals surface area contributed by atoms with Crippen molar-refractivity contribution in [3.63, 3.8) is 0 Å². The third-order valence-electron chi connectivity index (χ3n) is 1.99. The van der Waals surface area contributed by atoms with Gasteiger partial charge in [-0.3, -0.25) is 14.9 Å². The van der Waals surface area contributed by atoms with Gasteiger partial charge in [0.2, 0.25) is 0 Å².